The zero-order chi connectivity index (χ0) is 20.8. The molecule has 0 fully saturated rings. The van der Waals surface area contributed by atoms with E-state index in [1.54, 1.807) is 6.07 Å². The summed E-state index contributed by atoms with van der Waals surface area (Å²) in [6, 6.07) is 6.84. The van der Waals surface area contributed by atoms with E-state index < -0.39 is 28.0 Å². The van der Waals surface area contributed by atoms with Gasteiger partial charge in [-0.25, -0.2) is 4.39 Å². The monoisotopic (exact) mass is 447 g/mol. The summed E-state index contributed by atoms with van der Waals surface area (Å²) in [5.41, 5.74) is 0.252. The van der Waals surface area contributed by atoms with Gasteiger partial charge in [0.2, 0.25) is 0 Å². The molecule has 3 rings (SSSR count). The summed E-state index contributed by atoms with van der Waals surface area (Å²) in [7, 11) is -1.09. The largest absolute Gasteiger partial charge is 0.479 e. The third kappa shape index (κ3) is 3.57. The Morgan fingerprint density at radius 1 is 1.14 bits per heavy atom. The van der Waals surface area contributed by atoms with Crippen molar-refractivity contribution in [3.63, 3.8) is 0 Å². The number of halogens is 3. The van der Waals surface area contributed by atoms with Crippen LogP contribution >= 0.6 is 23.2 Å². The van der Waals surface area contributed by atoms with Crippen LogP contribution in [-0.4, -0.2) is 34.5 Å². The first-order chi connectivity index (χ1) is 13.0. The van der Waals surface area contributed by atoms with E-state index in [0.29, 0.717) is 5.02 Å². The maximum absolute atomic E-state index is 14.4. The number of ether oxygens (including phenoxy) is 1. The minimum atomic E-state index is -3.75. The Labute approximate surface area is 171 Å². The van der Waals surface area contributed by atoms with Crippen molar-refractivity contribution >= 4 is 56.4 Å². The lowest BCUT2D eigenvalue weighted by molar-refractivity contribution is -0.122. The molecule has 0 spiro atoms. The third-order valence-electron chi connectivity index (χ3n) is 4.26. The molecule has 1 N–H and O–H groups in total. The average molecular weight is 448 g/mol. The van der Waals surface area contributed by atoms with E-state index in [1.807, 2.05) is 0 Å². The number of hydrogen-bond donors (Lipinski definition) is 1. The molecule has 1 aliphatic heterocycles. The smallest absolute Gasteiger partial charge is 0.326 e. The fourth-order valence-electron chi connectivity index (χ4n) is 2.63. The Hall–Kier alpha value is -2.23. The van der Waals surface area contributed by atoms with Crippen molar-refractivity contribution in [2.45, 2.75) is 13.0 Å². The molecule has 150 valence electrons. The molecule has 0 unspecified atom stereocenters. The first-order valence-corrected chi connectivity index (χ1v) is 10.2. The minimum Gasteiger partial charge on any atom is -0.479 e. The van der Waals surface area contributed by atoms with Gasteiger partial charge in [0.15, 0.2) is 6.10 Å². The van der Waals surface area contributed by atoms with E-state index in [-0.39, 0.29) is 27.8 Å². The predicted octanol–water partition coefficient (Wildman–Crippen LogP) is 3.67. The van der Waals surface area contributed by atoms with Crippen LogP contribution < -0.4 is 18.7 Å². The molecule has 0 saturated heterocycles. The van der Waals surface area contributed by atoms with Crippen LogP contribution in [0, 0.1) is 5.82 Å². The summed E-state index contributed by atoms with van der Waals surface area (Å²) in [5, 5.41) is 3.05. The highest BCUT2D eigenvalue weighted by Crippen LogP contribution is 2.41. The maximum atomic E-state index is 14.4. The fraction of sp³-hybridized carbons (Fsp3) is 0.235. The molecule has 1 heterocycles. The molecular formula is C17H16Cl2FN3O4S. The summed E-state index contributed by atoms with van der Waals surface area (Å²) >= 11 is 11.8. The van der Waals surface area contributed by atoms with Crippen LogP contribution in [-0.2, 0) is 15.0 Å². The summed E-state index contributed by atoms with van der Waals surface area (Å²) in [6.07, 6.45) is -1.00. The van der Waals surface area contributed by atoms with Gasteiger partial charge < -0.3 is 10.1 Å². The van der Waals surface area contributed by atoms with Crippen molar-refractivity contribution in [2.24, 2.45) is 0 Å². The number of carbonyl (C=O) groups is 1. The Kier molecular flexibility index (Phi) is 5.35. The van der Waals surface area contributed by atoms with Gasteiger partial charge in [0.25, 0.3) is 5.91 Å². The lowest BCUT2D eigenvalue weighted by atomic mass is 10.2. The van der Waals surface area contributed by atoms with Gasteiger partial charge in [-0.05, 0) is 31.2 Å². The molecule has 1 amide bonds. The Bertz CT molecular complexity index is 1060. The van der Waals surface area contributed by atoms with Crippen LogP contribution in [0.4, 0.5) is 21.5 Å². The standard InChI is InChI=1S/C17H16Cl2FN3O4S/c1-9(27-16-5-4-10(18)6-11(16)19)17(24)21-13-8-15-14(7-12(13)20)22(2)28(25,26)23(15)3/h4-9H,1-3H3,(H,21,24)/t9-/m0/s1. The van der Waals surface area contributed by atoms with Gasteiger partial charge in [-0.1, -0.05) is 23.2 Å². The number of anilines is 3. The van der Waals surface area contributed by atoms with Crippen molar-refractivity contribution < 1.29 is 22.3 Å². The zero-order valence-electron chi connectivity index (χ0n) is 15.0. The number of benzene rings is 2. The van der Waals surface area contributed by atoms with Crippen LogP contribution in [0.2, 0.25) is 10.0 Å². The molecule has 28 heavy (non-hydrogen) atoms. The summed E-state index contributed by atoms with van der Waals surface area (Å²) in [6.45, 7) is 1.47. The number of carbonyl (C=O) groups excluding carboxylic acids is 1. The molecule has 11 heteroatoms. The Morgan fingerprint density at radius 2 is 1.75 bits per heavy atom. The number of hydrogen-bond acceptors (Lipinski definition) is 4. The zero-order valence-corrected chi connectivity index (χ0v) is 17.4. The highest BCUT2D eigenvalue weighted by molar-refractivity contribution is 7.94. The number of nitrogens with one attached hydrogen (secondary N) is 1. The van der Waals surface area contributed by atoms with E-state index in [2.05, 4.69) is 5.32 Å². The molecule has 0 bridgehead atoms. The van der Waals surface area contributed by atoms with Crippen molar-refractivity contribution in [2.75, 3.05) is 28.0 Å². The van der Waals surface area contributed by atoms with Crippen molar-refractivity contribution in [3.05, 3.63) is 46.2 Å². The lowest BCUT2D eigenvalue weighted by Gasteiger charge is -2.17. The maximum Gasteiger partial charge on any atom is 0.326 e. The van der Waals surface area contributed by atoms with E-state index in [1.165, 1.54) is 39.2 Å². The molecule has 2 aromatic rings. The highest BCUT2D eigenvalue weighted by Gasteiger charge is 2.36. The van der Waals surface area contributed by atoms with E-state index in [4.69, 9.17) is 27.9 Å². The van der Waals surface area contributed by atoms with Crippen LogP contribution in [0.5, 0.6) is 5.75 Å². The van der Waals surface area contributed by atoms with Gasteiger partial charge in [0.1, 0.15) is 11.6 Å². The number of fused-ring (bicyclic) bond motifs is 1. The van der Waals surface area contributed by atoms with Gasteiger partial charge in [-0.3, -0.25) is 13.4 Å². The number of rotatable bonds is 4. The second kappa shape index (κ2) is 7.31. The van der Waals surface area contributed by atoms with E-state index >= 15 is 0 Å². The normalized spacial score (nSPS) is 15.9. The summed E-state index contributed by atoms with van der Waals surface area (Å²) in [4.78, 5) is 12.4. The molecule has 0 saturated carbocycles. The molecule has 1 atom stereocenters. The SMILES string of the molecule is C[C@H](Oc1ccc(Cl)cc1Cl)C(=O)Nc1cc2c(cc1F)N(C)S(=O)(=O)N2C. The summed E-state index contributed by atoms with van der Waals surface area (Å²) < 4.78 is 46.2. The molecule has 0 aromatic heterocycles. The fourth-order valence-corrected chi connectivity index (χ4v) is 4.24. The first kappa shape index (κ1) is 20.5. The van der Waals surface area contributed by atoms with Gasteiger partial charge in [-0.2, -0.15) is 8.42 Å². The minimum absolute atomic E-state index is 0.168. The predicted molar refractivity (Wildman–Crippen MR) is 107 cm³/mol. The topological polar surface area (TPSA) is 79.0 Å². The summed E-state index contributed by atoms with van der Waals surface area (Å²) in [5.74, 6) is -1.17. The van der Waals surface area contributed by atoms with Gasteiger partial charge in [-0.15, -0.1) is 0 Å². The van der Waals surface area contributed by atoms with Crippen molar-refractivity contribution in [1.29, 1.82) is 0 Å². The highest BCUT2D eigenvalue weighted by atomic mass is 35.5. The lowest BCUT2D eigenvalue weighted by Crippen LogP contribution is -2.32. The second-order valence-corrected chi connectivity index (χ2v) is 8.92. The quantitative estimate of drug-likeness (QED) is 0.775. The van der Waals surface area contributed by atoms with Gasteiger partial charge in [0.05, 0.1) is 22.1 Å². The third-order valence-corrected chi connectivity index (χ3v) is 6.57. The second-order valence-electron chi connectivity index (χ2n) is 6.09. The Balaban J connectivity index is 1.80. The van der Waals surface area contributed by atoms with Crippen LogP contribution in [0.25, 0.3) is 0 Å². The van der Waals surface area contributed by atoms with Crippen molar-refractivity contribution in [1.82, 2.24) is 0 Å². The molecular weight excluding hydrogens is 432 g/mol. The number of nitrogens with zero attached hydrogens (tertiary/aromatic N) is 2. The van der Waals surface area contributed by atoms with E-state index in [9.17, 15) is 17.6 Å². The van der Waals surface area contributed by atoms with Crippen molar-refractivity contribution in [3.8, 4) is 5.75 Å². The number of amides is 1. The first-order valence-electron chi connectivity index (χ1n) is 8.01. The molecule has 0 aliphatic carbocycles. The van der Waals surface area contributed by atoms with Gasteiger partial charge in [0, 0.05) is 25.2 Å². The van der Waals surface area contributed by atoms with Crippen LogP contribution in [0.3, 0.4) is 0 Å². The van der Waals surface area contributed by atoms with Crippen LogP contribution in [0.1, 0.15) is 6.92 Å². The Morgan fingerprint density at radius 3 is 2.36 bits per heavy atom. The van der Waals surface area contributed by atoms with Gasteiger partial charge >= 0.3 is 10.2 Å². The molecule has 0 radical (unpaired) electrons. The molecule has 2 aromatic carbocycles. The molecule has 1 aliphatic rings. The van der Waals surface area contributed by atoms with E-state index in [0.717, 1.165) is 14.7 Å². The average Bonchev–Trinajstić information content (AvgIpc) is 2.78. The van der Waals surface area contributed by atoms with Crippen LogP contribution in [0.15, 0.2) is 30.3 Å². The molecule has 7 nitrogen and oxygen atoms in total.